The van der Waals surface area contributed by atoms with Crippen LogP contribution < -0.4 is 27.0 Å². The summed E-state index contributed by atoms with van der Waals surface area (Å²) in [4.78, 5) is 59.9. The van der Waals surface area contributed by atoms with E-state index in [1.165, 1.54) is 24.0 Å². The predicted molar refractivity (Wildman–Crippen MR) is 212 cm³/mol. The quantitative estimate of drug-likeness (QED) is 0.0458. The molecule has 4 atom stereocenters. The number of amides is 3. The van der Waals surface area contributed by atoms with Crippen LogP contribution in [0, 0.1) is 23.2 Å². The SMILES string of the molecule is CC(=O)O[C@@H]1C[C@@H](C(=O)N[C@@H](C)c2ccc(-c3scnc3C)cc2)N(C(=O)[C@@H](NC(=O)CNCCN/C(=C/C(=N)c2ccccc2O)C(=N)N)C(C)(C)C)C1. The maximum absolute atomic E-state index is 14.2. The fraction of sp³-hybridized carbons (Fsp3) is 0.410. The van der Waals surface area contributed by atoms with Crippen molar-refractivity contribution in [2.45, 2.75) is 72.2 Å². The fourth-order valence-electron chi connectivity index (χ4n) is 6.17. The molecule has 55 heavy (non-hydrogen) atoms. The van der Waals surface area contributed by atoms with E-state index in [1.807, 2.05) is 58.9 Å². The first kappa shape index (κ1) is 42.1. The first-order valence-electron chi connectivity index (χ1n) is 17.9. The standard InChI is InChI=1S/C39H51N9O6S/c1-22(25-11-13-26(14-12-25)34-23(2)45-21-55-34)46-37(52)31-17-27(54-24(3)49)20-48(31)38(53)35(39(4,5)6)47-33(51)19-43-15-16-44-30(36(41)42)18-29(40)28-9-7-8-10-32(28)50/h7-14,18,21-22,27,31,35,40,43-44,50H,15-17,19-20H2,1-6H3,(H3,41,42)(H,46,52)(H,47,51)/b30-18+,40-29?/t22-,27+,31-,35+/m0/s1. The molecule has 15 nitrogen and oxygen atoms in total. The van der Waals surface area contributed by atoms with Gasteiger partial charge in [0.1, 0.15) is 29.8 Å². The van der Waals surface area contributed by atoms with Gasteiger partial charge in [-0.1, -0.05) is 57.2 Å². The number of thiazole rings is 1. The zero-order valence-corrected chi connectivity index (χ0v) is 32.8. The summed E-state index contributed by atoms with van der Waals surface area (Å²) in [6, 6.07) is 11.8. The molecule has 0 saturated carbocycles. The second-order valence-corrected chi connectivity index (χ2v) is 15.3. The second-order valence-electron chi connectivity index (χ2n) is 14.5. The molecule has 294 valence electrons. The Morgan fingerprint density at radius 3 is 2.38 bits per heavy atom. The van der Waals surface area contributed by atoms with Crippen LogP contribution in [-0.4, -0.2) is 94.6 Å². The van der Waals surface area contributed by atoms with Crippen LogP contribution in [0.4, 0.5) is 0 Å². The number of aromatic nitrogens is 1. The number of amidine groups is 1. The fourth-order valence-corrected chi connectivity index (χ4v) is 6.98. The zero-order valence-electron chi connectivity index (χ0n) is 32.0. The number of nitrogens with one attached hydrogen (secondary N) is 6. The second kappa shape index (κ2) is 18.6. The summed E-state index contributed by atoms with van der Waals surface area (Å²) >= 11 is 1.56. The summed E-state index contributed by atoms with van der Waals surface area (Å²) in [6.45, 7) is 10.9. The number of nitrogens with zero attached hydrogens (tertiary/aromatic N) is 2. The van der Waals surface area contributed by atoms with Crippen LogP contribution in [0.25, 0.3) is 10.4 Å². The number of aryl methyl sites for hydroxylation is 1. The molecule has 1 fully saturated rings. The van der Waals surface area contributed by atoms with Crippen molar-refractivity contribution in [3.8, 4) is 16.2 Å². The average Bonchev–Trinajstić information content (AvgIpc) is 3.75. The molecule has 1 aliphatic heterocycles. The van der Waals surface area contributed by atoms with E-state index in [2.05, 4.69) is 26.3 Å². The number of hydrogen-bond acceptors (Lipinski definition) is 12. The van der Waals surface area contributed by atoms with Crippen molar-refractivity contribution in [3.63, 3.8) is 0 Å². The van der Waals surface area contributed by atoms with Crippen LogP contribution >= 0.6 is 11.3 Å². The Morgan fingerprint density at radius 1 is 1.09 bits per heavy atom. The molecule has 1 saturated heterocycles. The summed E-state index contributed by atoms with van der Waals surface area (Å²) in [5, 5.41) is 38.0. The predicted octanol–water partition coefficient (Wildman–Crippen LogP) is 3.13. The Labute approximate surface area is 325 Å². The van der Waals surface area contributed by atoms with E-state index < -0.39 is 47.3 Å². The summed E-state index contributed by atoms with van der Waals surface area (Å²) in [5.74, 6) is -2.24. The summed E-state index contributed by atoms with van der Waals surface area (Å²) in [7, 11) is 0. The minimum atomic E-state index is -1.01. The number of carbonyl (C=O) groups excluding carboxylic acids is 4. The largest absolute Gasteiger partial charge is 0.507 e. The van der Waals surface area contributed by atoms with Crippen LogP contribution in [0.5, 0.6) is 5.75 Å². The van der Waals surface area contributed by atoms with Crippen molar-refractivity contribution in [1.82, 2.24) is 31.2 Å². The van der Waals surface area contributed by atoms with E-state index in [4.69, 9.17) is 21.3 Å². The summed E-state index contributed by atoms with van der Waals surface area (Å²) in [5.41, 5.74) is 10.00. The molecule has 1 aromatic heterocycles. The number of hydrogen-bond donors (Lipinski definition) is 8. The van der Waals surface area contributed by atoms with Gasteiger partial charge in [0, 0.05) is 32.0 Å². The molecule has 2 aromatic carbocycles. The van der Waals surface area contributed by atoms with Gasteiger partial charge in [0.25, 0.3) is 0 Å². The Hall–Kier alpha value is -5.61. The molecule has 1 aliphatic rings. The first-order chi connectivity index (χ1) is 26.0. The number of rotatable bonds is 16. The van der Waals surface area contributed by atoms with Crippen molar-refractivity contribution < 1.29 is 29.0 Å². The van der Waals surface area contributed by atoms with Crippen molar-refractivity contribution in [2.24, 2.45) is 11.1 Å². The minimum Gasteiger partial charge on any atom is -0.507 e. The number of para-hydroxylation sites is 1. The van der Waals surface area contributed by atoms with Crippen molar-refractivity contribution in [1.29, 1.82) is 10.8 Å². The highest BCUT2D eigenvalue weighted by atomic mass is 32.1. The Kier molecular flexibility index (Phi) is 14.3. The number of allylic oxidation sites excluding steroid dienone is 1. The number of ether oxygens (including phenoxy) is 1. The summed E-state index contributed by atoms with van der Waals surface area (Å²) in [6.07, 6.45) is 0.746. The van der Waals surface area contributed by atoms with Gasteiger partial charge in [-0.2, -0.15) is 0 Å². The highest BCUT2D eigenvalue weighted by Gasteiger charge is 2.46. The molecule has 0 unspecified atom stereocenters. The normalized spacial score (nSPS) is 16.8. The minimum absolute atomic E-state index is 0.00645. The van der Waals surface area contributed by atoms with Gasteiger partial charge in [-0.3, -0.25) is 24.6 Å². The molecule has 0 bridgehead atoms. The topological polar surface area (TPSA) is 236 Å². The first-order valence-corrected chi connectivity index (χ1v) is 18.8. The molecular formula is C39H51N9O6S. The van der Waals surface area contributed by atoms with E-state index in [0.717, 1.165) is 21.7 Å². The highest BCUT2D eigenvalue weighted by Crippen LogP contribution is 2.30. The maximum Gasteiger partial charge on any atom is 0.302 e. The van der Waals surface area contributed by atoms with Gasteiger partial charge in [-0.05, 0) is 48.6 Å². The van der Waals surface area contributed by atoms with E-state index >= 15 is 0 Å². The third kappa shape index (κ3) is 11.4. The van der Waals surface area contributed by atoms with Gasteiger partial charge in [-0.25, -0.2) is 4.98 Å². The van der Waals surface area contributed by atoms with Crippen LogP contribution in [0.1, 0.15) is 63.9 Å². The van der Waals surface area contributed by atoms with E-state index in [0.29, 0.717) is 0 Å². The smallest absolute Gasteiger partial charge is 0.302 e. The van der Waals surface area contributed by atoms with Crippen LogP contribution in [0.3, 0.4) is 0 Å². The Bertz CT molecular complexity index is 1920. The van der Waals surface area contributed by atoms with Gasteiger partial charge in [0.05, 0.1) is 46.6 Å². The van der Waals surface area contributed by atoms with Gasteiger partial charge in [-0.15, -0.1) is 11.3 Å². The maximum atomic E-state index is 14.2. The third-order valence-corrected chi connectivity index (χ3v) is 10.0. The van der Waals surface area contributed by atoms with Gasteiger partial charge < -0.3 is 47.2 Å². The lowest BCUT2D eigenvalue weighted by Gasteiger charge is -2.35. The molecule has 3 amide bonds. The highest BCUT2D eigenvalue weighted by molar-refractivity contribution is 7.13. The summed E-state index contributed by atoms with van der Waals surface area (Å²) < 4.78 is 5.45. The monoisotopic (exact) mass is 773 g/mol. The molecule has 0 aliphatic carbocycles. The number of phenols is 1. The molecule has 9 N–H and O–H groups in total. The van der Waals surface area contributed by atoms with Crippen LogP contribution in [-0.2, 0) is 23.9 Å². The lowest BCUT2D eigenvalue weighted by atomic mass is 9.85. The van der Waals surface area contributed by atoms with Crippen molar-refractivity contribution >= 4 is 46.6 Å². The number of benzene rings is 2. The van der Waals surface area contributed by atoms with Crippen molar-refractivity contribution in [3.05, 3.63) is 82.6 Å². The number of phenolic OH excluding ortho intramolecular Hbond substituents is 1. The Morgan fingerprint density at radius 2 is 1.78 bits per heavy atom. The number of carbonyl (C=O) groups is 4. The molecule has 16 heteroatoms. The molecule has 3 aromatic rings. The Balaban J connectivity index is 1.37. The van der Waals surface area contributed by atoms with E-state index in [9.17, 15) is 24.3 Å². The lowest BCUT2D eigenvalue weighted by Crippen LogP contribution is -2.58. The number of esters is 1. The average molecular weight is 774 g/mol. The molecule has 0 spiro atoms. The molecule has 4 rings (SSSR count). The third-order valence-electron chi connectivity index (χ3n) is 9.05. The number of likely N-dealkylation sites (tertiary alicyclic amines) is 1. The molecule has 2 heterocycles. The van der Waals surface area contributed by atoms with Crippen LogP contribution in [0.2, 0.25) is 0 Å². The lowest BCUT2D eigenvalue weighted by molar-refractivity contribution is -0.147. The van der Waals surface area contributed by atoms with E-state index in [-0.39, 0.29) is 67.2 Å². The van der Waals surface area contributed by atoms with Gasteiger partial charge >= 0.3 is 5.97 Å². The zero-order chi connectivity index (χ0) is 40.4. The number of aromatic hydroxyl groups is 1. The molecular weight excluding hydrogens is 723 g/mol. The van der Waals surface area contributed by atoms with E-state index in [1.54, 1.807) is 35.0 Å². The van der Waals surface area contributed by atoms with Crippen LogP contribution in [0.15, 0.2) is 65.8 Å². The molecule has 0 radical (unpaired) electrons. The van der Waals surface area contributed by atoms with Gasteiger partial charge in [0.15, 0.2) is 0 Å². The number of nitrogens with two attached hydrogens (primary N) is 1. The van der Waals surface area contributed by atoms with Crippen molar-refractivity contribution in [2.75, 3.05) is 26.2 Å². The van der Waals surface area contributed by atoms with Gasteiger partial charge in [0.2, 0.25) is 17.7 Å².